The highest BCUT2D eigenvalue weighted by Crippen LogP contribution is 2.29. The smallest absolute Gasteiger partial charge is 0.340 e. The van der Waals surface area contributed by atoms with E-state index < -0.39 is 18.5 Å². The lowest BCUT2D eigenvalue weighted by Gasteiger charge is -2.19. The minimum absolute atomic E-state index is 0.0127. The van der Waals surface area contributed by atoms with Crippen molar-refractivity contribution < 1.29 is 19.1 Å². The van der Waals surface area contributed by atoms with Crippen LogP contribution in [-0.2, 0) is 14.3 Å². The fraction of sp³-hybridized carbons (Fsp3) is 0.211. The van der Waals surface area contributed by atoms with E-state index in [9.17, 15) is 14.4 Å². The van der Waals surface area contributed by atoms with E-state index in [1.807, 2.05) is 0 Å². The summed E-state index contributed by atoms with van der Waals surface area (Å²) in [5, 5.41) is 3.19. The summed E-state index contributed by atoms with van der Waals surface area (Å²) in [5.41, 5.74) is 1.19. The first-order chi connectivity index (χ1) is 13.0. The van der Waals surface area contributed by atoms with Gasteiger partial charge in [0.05, 0.1) is 22.0 Å². The number of nitrogens with zero attached hydrogens (tertiary/aromatic N) is 1. The molecule has 2 amide bonds. The Labute approximate surface area is 166 Å². The molecule has 1 aliphatic heterocycles. The van der Waals surface area contributed by atoms with Gasteiger partial charge in [0.15, 0.2) is 6.61 Å². The van der Waals surface area contributed by atoms with E-state index in [1.165, 1.54) is 12.1 Å². The summed E-state index contributed by atoms with van der Waals surface area (Å²) in [7, 11) is 0. The number of benzene rings is 2. The Bertz CT molecular complexity index is 901. The molecular weight excluding hydrogens is 391 g/mol. The van der Waals surface area contributed by atoms with Gasteiger partial charge >= 0.3 is 5.97 Å². The molecule has 140 valence electrons. The molecule has 0 spiro atoms. The summed E-state index contributed by atoms with van der Waals surface area (Å²) in [5.74, 6) is -1.26. The topological polar surface area (TPSA) is 75.7 Å². The van der Waals surface area contributed by atoms with Gasteiger partial charge < -0.3 is 15.0 Å². The highest BCUT2D eigenvalue weighted by atomic mass is 35.5. The predicted octanol–water partition coefficient (Wildman–Crippen LogP) is 3.92. The second-order valence-electron chi connectivity index (χ2n) is 5.91. The Morgan fingerprint density at radius 2 is 1.93 bits per heavy atom. The molecule has 0 atom stereocenters. The van der Waals surface area contributed by atoms with Gasteiger partial charge in [0.25, 0.3) is 5.91 Å². The van der Waals surface area contributed by atoms with Crippen LogP contribution >= 0.6 is 23.2 Å². The number of anilines is 2. The van der Waals surface area contributed by atoms with Gasteiger partial charge in [-0.25, -0.2) is 4.79 Å². The minimum Gasteiger partial charge on any atom is -0.452 e. The fourth-order valence-corrected chi connectivity index (χ4v) is 3.13. The Hall–Kier alpha value is -2.57. The van der Waals surface area contributed by atoms with Crippen LogP contribution in [0.2, 0.25) is 10.0 Å². The van der Waals surface area contributed by atoms with Gasteiger partial charge in [0.1, 0.15) is 0 Å². The van der Waals surface area contributed by atoms with Crippen LogP contribution in [0.15, 0.2) is 42.5 Å². The van der Waals surface area contributed by atoms with Crippen LogP contribution in [-0.4, -0.2) is 30.9 Å². The number of para-hydroxylation sites is 2. The highest BCUT2D eigenvalue weighted by Gasteiger charge is 2.24. The fourth-order valence-electron chi connectivity index (χ4n) is 2.77. The van der Waals surface area contributed by atoms with Gasteiger partial charge in [-0.1, -0.05) is 35.3 Å². The van der Waals surface area contributed by atoms with E-state index in [0.29, 0.717) is 29.4 Å². The normalized spacial score (nSPS) is 13.6. The Morgan fingerprint density at radius 3 is 2.67 bits per heavy atom. The van der Waals surface area contributed by atoms with Crippen molar-refractivity contribution in [2.24, 2.45) is 0 Å². The van der Waals surface area contributed by atoms with Crippen LogP contribution in [0, 0.1) is 0 Å². The van der Waals surface area contributed by atoms with Crippen LogP contribution < -0.4 is 10.2 Å². The highest BCUT2D eigenvalue weighted by molar-refractivity contribution is 6.35. The van der Waals surface area contributed by atoms with Crippen LogP contribution in [0.1, 0.15) is 23.2 Å². The molecule has 1 fully saturated rings. The molecule has 0 saturated carbocycles. The number of esters is 1. The summed E-state index contributed by atoms with van der Waals surface area (Å²) in [6, 6.07) is 11.4. The van der Waals surface area contributed by atoms with E-state index >= 15 is 0 Å². The first kappa shape index (κ1) is 19.2. The van der Waals surface area contributed by atoms with Crippen molar-refractivity contribution in [2.75, 3.05) is 23.4 Å². The van der Waals surface area contributed by atoms with Crippen molar-refractivity contribution in [3.8, 4) is 0 Å². The molecule has 1 saturated heterocycles. The van der Waals surface area contributed by atoms with Gasteiger partial charge in [-0.3, -0.25) is 9.59 Å². The van der Waals surface area contributed by atoms with Crippen LogP contribution in [0.4, 0.5) is 11.4 Å². The number of hydrogen-bond acceptors (Lipinski definition) is 4. The van der Waals surface area contributed by atoms with Gasteiger partial charge in [-0.15, -0.1) is 0 Å². The third-order valence-electron chi connectivity index (χ3n) is 4.03. The van der Waals surface area contributed by atoms with Gasteiger partial charge in [-0.2, -0.15) is 0 Å². The van der Waals surface area contributed by atoms with Gasteiger partial charge in [0.2, 0.25) is 5.91 Å². The van der Waals surface area contributed by atoms with E-state index in [-0.39, 0.29) is 16.5 Å². The maximum Gasteiger partial charge on any atom is 0.340 e. The second-order valence-corrected chi connectivity index (χ2v) is 6.76. The van der Waals surface area contributed by atoms with Crippen LogP contribution in [0.25, 0.3) is 0 Å². The van der Waals surface area contributed by atoms with Crippen molar-refractivity contribution in [2.45, 2.75) is 12.8 Å². The van der Waals surface area contributed by atoms with Crippen molar-refractivity contribution in [3.05, 3.63) is 58.1 Å². The number of hydrogen-bond donors (Lipinski definition) is 1. The Morgan fingerprint density at radius 1 is 1.15 bits per heavy atom. The molecule has 1 heterocycles. The molecule has 0 bridgehead atoms. The standard InChI is InChI=1S/C19H16Cl2N2O4/c20-12-7-8-14(21)13(10-12)19(26)27-11-17(24)22-15-4-1-2-5-16(15)23-9-3-6-18(23)25/h1-2,4-5,7-8,10H,3,6,9,11H2,(H,22,24). The van der Waals surface area contributed by atoms with E-state index in [2.05, 4.69) is 5.32 Å². The lowest BCUT2D eigenvalue weighted by atomic mass is 10.2. The average molecular weight is 407 g/mol. The molecule has 0 aromatic heterocycles. The number of ether oxygens (including phenoxy) is 1. The summed E-state index contributed by atoms with van der Waals surface area (Å²) in [6.07, 6.45) is 1.26. The Kier molecular flexibility index (Phi) is 5.98. The maximum atomic E-state index is 12.2. The van der Waals surface area contributed by atoms with Crippen LogP contribution in [0.5, 0.6) is 0 Å². The molecule has 2 aromatic carbocycles. The molecule has 0 radical (unpaired) electrons. The number of rotatable bonds is 5. The quantitative estimate of drug-likeness (QED) is 0.763. The minimum atomic E-state index is -0.749. The monoisotopic (exact) mass is 406 g/mol. The molecular formula is C19H16Cl2N2O4. The van der Waals surface area contributed by atoms with E-state index in [0.717, 1.165) is 6.42 Å². The summed E-state index contributed by atoms with van der Waals surface area (Å²) >= 11 is 11.8. The van der Waals surface area contributed by atoms with Crippen molar-refractivity contribution in [3.63, 3.8) is 0 Å². The average Bonchev–Trinajstić information content (AvgIpc) is 3.08. The molecule has 2 aromatic rings. The number of carbonyl (C=O) groups is 3. The van der Waals surface area contributed by atoms with Crippen molar-refractivity contribution in [1.29, 1.82) is 0 Å². The van der Waals surface area contributed by atoms with Gasteiger partial charge in [0, 0.05) is 18.0 Å². The van der Waals surface area contributed by atoms with E-state index in [4.69, 9.17) is 27.9 Å². The summed E-state index contributed by atoms with van der Waals surface area (Å²) < 4.78 is 5.01. The molecule has 27 heavy (non-hydrogen) atoms. The molecule has 0 unspecified atom stereocenters. The Balaban J connectivity index is 1.64. The molecule has 3 rings (SSSR count). The zero-order valence-electron chi connectivity index (χ0n) is 14.2. The predicted molar refractivity (Wildman–Crippen MR) is 103 cm³/mol. The first-order valence-electron chi connectivity index (χ1n) is 8.27. The summed E-state index contributed by atoms with van der Waals surface area (Å²) in [6.45, 7) is 0.109. The lowest BCUT2D eigenvalue weighted by molar-refractivity contribution is -0.119. The zero-order chi connectivity index (χ0) is 19.4. The maximum absolute atomic E-state index is 12.2. The number of carbonyl (C=O) groups excluding carboxylic acids is 3. The number of nitrogens with one attached hydrogen (secondary N) is 1. The molecule has 1 aliphatic rings. The second kappa shape index (κ2) is 8.41. The van der Waals surface area contributed by atoms with E-state index in [1.54, 1.807) is 35.2 Å². The van der Waals surface area contributed by atoms with Crippen molar-refractivity contribution >= 4 is 52.4 Å². The van der Waals surface area contributed by atoms with Gasteiger partial charge in [-0.05, 0) is 36.8 Å². The summed E-state index contributed by atoms with van der Waals surface area (Å²) in [4.78, 5) is 37.9. The molecule has 8 heteroatoms. The number of amides is 2. The largest absolute Gasteiger partial charge is 0.452 e. The number of halogens is 2. The SMILES string of the molecule is O=C(COC(=O)c1cc(Cl)ccc1Cl)Nc1ccccc1N1CCCC1=O. The molecule has 0 aliphatic carbocycles. The zero-order valence-corrected chi connectivity index (χ0v) is 15.7. The van der Waals surface area contributed by atoms with Crippen LogP contribution in [0.3, 0.4) is 0 Å². The first-order valence-corrected chi connectivity index (χ1v) is 9.02. The molecule has 6 nitrogen and oxygen atoms in total. The van der Waals surface area contributed by atoms with Crippen molar-refractivity contribution in [1.82, 2.24) is 0 Å². The third-order valence-corrected chi connectivity index (χ3v) is 4.59. The molecule has 1 N–H and O–H groups in total. The third kappa shape index (κ3) is 4.59. The lowest BCUT2D eigenvalue weighted by Crippen LogP contribution is -2.27.